The maximum absolute atomic E-state index is 11.6. The zero-order chi connectivity index (χ0) is 20.0. The Balaban J connectivity index is 2.14. The summed E-state index contributed by atoms with van der Waals surface area (Å²) in [6, 6.07) is 8.35. The SMILES string of the molecule is CC(=O)N[C@H]1C(C(O)[C@H](O)CCc2ccccc2)OC(C)=C[C@@H]1N=C(N)N. The van der Waals surface area contributed by atoms with Gasteiger partial charge in [-0.3, -0.25) is 4.79 Å². The van der Waals surface area contributed by atoms with Crippen LogP contribution in [0.3, 0.4) is 0 Å². The van der Waals surface area contributed by atoms with Crippen molar-refractivity contribution in [1.29, 1.82) is 0 Å². The predicted molar refractivity (Wildman–Crippen MR) is 103 cm³/mol. The monoisotopic (exact) mass is 376 g/mol. The van der Waals surface area contributed by atoms with E-state index in [2.05, 4.69) is 10.3 Å². The first kappa shape index (κ1) is 20.7. The number of ether oxygens (including phenoxy) is 1. The number of hydrogen-bond acceptors (Lipinski definition) is 5. The molecule has 148 valence electrons. The number of aliphatic imine (C=N–C) groups is 1. The number of benzene rings is 1. The van der Waals surface area contributed by atoms with Crippen LogP contribution in [-0.2, 0) is 16.0 Å². The van der Waals surface area contributed by atoms with E-state index in [1.807, 2.05) is 30.3 Å². The van der Waals surface area contributed by atoms with Gasteiger partial charge >= 0.3 is 0 Å². The fourth-order valence-electron chi connectivity index (χ4n) is 3.19. The molecule has 5 atom stereocenters. The highest BCUT2D eigenvalue weighted by Crippen LogP contribution is 2.25. The van der Waals surface area contributed by atoms with Crippen LogP contribution in [0.2, 0.25) is 0 Å². The van der Waals surface area contributed by atoms with Crippen LogP contribution < -0.4 is 16.8 Å². The minimum absolute atomic E-state index is 0.140. The van der Waals surface area contributed by atoms with E-state index < -0.39 is 30.4 Å². The zero-order valence-electron chi connectivity index (χ0n) is 15.6. The Bertz CT molecular complexity index is 688. The molecule has 0 radical (unpaired) electrons. The lowest BCUT2D eigenvalue weighted by Crippen LogP contribution is -2.59. The van der Waals surface area contributed by atoms with Gasteiger partial charge in [-0.15, -0.1) is 0 Å². The lowest BCUT2D eigenvalue weighted by atomic mass is 9.90. The van der Waals surface area contributed by atoms with Gasteiger partial charge in [0.05, 0.1) is 23.9 Å². The number of hydrogen-bond donors (Lipinski definition) is 5. The molecule has 1 amide bonds. The van der Waals surface area contributed by atoms with E-state index in [0.29, 0.717) is 18.6 Å². The highest BCUT2D eigenvalue weighted by Gasteiger charge is 2.41. The van der Waals surface area contributed by atoms with Crippen LogP contribution in [0.15, 0.2) is 47.2 Å². The van der Waals surface area contributed by atoms with Crippen molar-refractivity contribution in [3.63, 3.8) is 0 Å². The highest BCUT2D eigenvalue weighted by atomic mass is 16.5. The minimum Gasteiger partial charge on any atom is -0.490 e. The topological polar surface area (TPSA) is 143 Å². The van der Waals surface area contributed by atoms with Crippen molar-refractivity contribution in [2.24, 2.45) is 16.5 Å². The van der Waals surface area contributed by atoms with Gasteiger partial charge in [0.15, 0.2) is 5.96 Å². The molecule has 1 aliphatic heterocycles. The van der Waals surface area contributed by atoms with Crippen LogP contribution >= 0.6 is 0 Å². The van der Waals surface area contributed by atoms with Gasteiger partial charge in [-0.1, -0.05) is 30.3 Å². The molecule has 0 saturated carbocycles. The first-order valence-electron chi connectivity index (χ1n) is 8.89. The number of aryl methyl sites for hydroxylation is 1. The van der Waals surface area contributed by atoms with Crippen molar-refractivity contribution in [2.75, 3.05) is 0 Å². The molecule has 1 aliphatic rings. The number of guanidine groups is 1. The fraction of sp³-hybridized carbons (Fsp3) is 0.474. The second-order valence-corrected chi connectivity index (χ2v) is 6.71. The molecule has 0 saturated heterocycles. The van der Waals surface area contributed by atoms with Gasteiger partial charge < -0.3 is 31.7 Å². The van der Waals surface area contributed by atoms with E-state index in [4.69, 9.17) is 16.2 Å². The number of aliphatic hydroxyl groups excluding tert-OH is 2. The molecule has 0 fully saturated rings. The molecule has 0 bridgehead atoms. The lowest BCUT2D eigenvalue weighted by molar-refractivity contribution is -0.125. The molecular weight excluding hydrogens is 348 g/mol. The summed E-state index contributed by atoms with van der Waals surface area (Å²) in [5.41, 5.74) is 12.0. The van der Waals surface area contributed by atoms with Crippen molar-refractivity contribution in [1.82, 2.24) is 5.32 Å². The Kier molecular flexibility index (Phi) is 7.20. The van der Waals surface area contributed by atoms with Crippen molar-refractivity contribution in [2.45, 2.75) is 57.1 Å². The molecule has 1 heterocycles. The summed E-state index contributed by atoms with van der Waals surface area (Å²) in [5, 5.41) is 23.9. The zero-order valence-corrected chi connectivity index (χ0v) is 15.6. The van der Waals surface area contributed by atoms with Gasteiger partial charge in [0.1, 0.15) is 12.2 Å². The first-order chi connectivity index (χ1) is 12.8. The molecule has 0 aromatic heterocycles. The molecule has 2 rings (SSSR count). The van der Waals surface area contributed by atoms with E-state index in [1.54, 1.807) is 13.0 Å². The van der Waals surface area contributed by atoms with Crippen molar-refractivity contribution in [3.05, 3.63) is 47.7 Å². The summed E-state index contributed by atoms with van der Waals surface area (Å²) in [6.07, 6.45) is -0.558. The molecule has 1 aromatic carbocycles. The molecular formula is C19H28N4O4. The van der Waals surface area contributed by atoms with Crippen LogP contribution in [0.4, 0.5) is 0 Å². The number of nitrogens with two attached hydrogens (primary N) is 2. The van der Waals surface area contributed by atoms with Crippen LogP contribution in [0.25, 0.3) is 0 Å². The fourth-order valence-corrected chi connectivity index (χ4v) is 3.19. The average Bonchev–Trinajstić information content (AvgIpc) is 2.61. The maximum Gasteiger partial charge on any atom is 0.217 e. The largest absolute Gasteiger partial charge is 0.490 e. The van der Waals surface area contributed by atoms with Gasteiger partial charge in [0.2, 0.25) is 5.91 Å². The summed E-state index contributed by atoms with van der Waals surface area (Å²) in [5.74, 6) is 0.0494. The molecule has 1 aromatic rings. The standard InChI is InChI=1S/C19H28N4O4/c1-11-10-14(23-19(20)21)16(22-12(2)24)18(27-11)17(26)15(25)9-8-13-6-4-3-5-7-13/h3-7,10,14-18,25-26H,8-9H2,1-2H3,(H,22,24)(H4,20,21,23)/t14-,15+,16+,17?,18?/m0/s1. The number of nitrogens with one attached hydrogen (secondary N) is 1. The van der Waals surface area contributed by atoms with E-state index in [0.717, 1.165) is 5.56 Å². The molecule has 0 spiro atoms. The summed E-state index contributed by atoms with van der Waals surface area (Å²) in [7, 11) is 0. The Morgan fingerprint density at radius 1 is 1.30 bits per heavy atom. The van der Waals surface area contributed by atoms with Crippen LogP contribution in [0, 0.1) is 0 Å². The number of rotatable bonds is 7. The number of amides is 1. The lowest BCUT2D eigenvalue weighted by Gasteiger charge is -2.39. The third-order valence-electron chi connectivity index (χ3n) is 4.42. The summed E-state index contributed by atoms with van der Waals surface area (Å²) < 4.78 is 5.73. The smallest absolute Gasteiger partial charge is 0.217 e. The Labute approximate surface area is 158 Å². The van der Waals surface area contributed by atoms with Gasteiger partial charge in [-0.2, -0.15) is 0 Å². The quantitative estimate of drug-likeness (QED) is 0.329. The minimum atomic E-state index is -1.23. The summed E-state index contributed by atoms with van der Waals surface area (Å²) in [6.45, 7) is 3.06. The third-order valence-corrected chi connectivity index (χ3v) is 4.42. The van der Waals surface area contributed by atoms with E-state index >= 15 is 0 Å². The second kappa shape index (κ2) is 9.38. The first-order valence-corrected chi connectivity index (χ1v) is 8.89. The number of aliphatic hydroxyl groups is 2. The van der Waals surface area contributed by atoms with Gasteiger partial charge in [-0.25, -0.2) is 4.99 Å². The molecule has 7 N–H and O–H groups in total. The molecule has 27 heavy (non-hydrogen) atoms. The van der Waals surface area contributed by atoms with E-state index in [-0.39, 0.29) is 11.9 Å². The number of allylic oxidation sites excluding steroid dienone is 1. The third kappa shape index (κ3) is 5.97. The molecule has 0 aliphatic carbocycles. The predicted octanol–water partition coefficient (Wildman–Crippen LogP) is -0.210. The second-order valence-electron chi connectivity index (χ2n) is 6.71. The van der Waals surface area contributed by atoms with Crippen LogP contribution in [0.5, 0.6) is 0 Å². The Morgan fingerprint density at radius 2 is 1.96 bits per heavy atom. The molecule has 2 unspecified atom stereocenters. The van der Waals surface area contributed by atoms with E-state index in [1.165, 1.54) is 6.92 Å². The van der Waals surface area contributed by atoms with Gasteiger partial charge in [0.25, 0.3) is 0 Å². The Hall–Kier alpha value is -2.58. The van der Waals surface area contributed by atoms with Crippen molar-refractivity contribution >= 4 is 11.9 Å². The number of carbonyl (C=O) groups is 1. The summed E-state index contributed by atoms with van der Waals surface area (Å²) >= 11 is 0. The van der Waals surface area contributed by atoms with Gasteiger partial charge in [0, 0.05) is 6.92 Å². The van der Waals surface area contributed by atoms with Crippen molar-refractivity contribution < 1.29 is 19.7 Å². The normalized spacial score (nSPS) is 24.1. The van der Waals surface area contributed by atoms with Crippen LogP contribution in [-0.4, -0.2) is 52.5 Å². The number of nitrogens with zero attached hydrogens (tertiary/aromatic N) is 1. The highest BCUT2D eigenvalue weighted by molar-refractivity contribution is 5.76. The van der Waals surface area contributed by atoms with Crippen molar-refractivity contribution in [3.8, 4) is 0 Å². The molecule has 8 nitrogen and oxygen atoms in total. The maximum atomic E-state index is 11.6. The molecule has 8 heteroatoms. The van der Waals surface area contributed by atoms with Crippen LogP contribution in [0.1, 0.15) is 25.8 Å². The number of carbonyl (C=O) groups excluding carboxylic acids is 1. The Morgan fingerprint density at radius 3 is 2.56 bits per heavy atom. The average molecular weight is 376 g/mol. The van der Waals surface area contributed by atoms with E-state index in [9.17, 15) is 15.0 Å². The van der Waals surface area contributed by atoms with Gasteiger partial charge in [-0.05, 0) is 31.4 Å². The summed E-state index contributed by atoms with van der Waals surface area (Å²) in [4.78, 5) is 15.7.